The molecule has 4 atom stereocenters. The number of urea groups is 1. The van der Waals surface area contributed by atoms with Crippen LogP contribution >= 0.6 is 11.6 Å². The van der Waals surface area contributed by atoms with Gasteiger partial charge < -0.3 is 10.1 Å². The molecule has 2 N–H and O–H groups in total. The maximum absolute atomic E-state index is 12.7. The summed E-state index contributed by atoms with van der Waals surface area (Å²) in [5, 5.41) is 5.03. The standard InChI is InChI=1S/C19H27ClN2O4/c20-19-8-12-5-13(9-19)7-18(6-12,11-19)16(24)26-10-15(23)22-17(25)21-14-3-1-2-4-14/h12-14H,1-11H2,(H2,21,22,23,25)/t12-,13+,18?,19?. The number of hydrogen-bond donors (Lipinski definition) is 2. The summed E-state index contributed by atoms with van der Waals surface area (Å²) < 4.78 is 5.31. The average molecular weight is 383 g/mol. The summed E-state index contributed by atoms with van der Waals surface area (Å²) in [5.41, 5.74) is -0.530. The van der Waals surface area contributed by atoms with Crippen molar-refractivity contribution in [2.45, 2.75) is 75.1 Å². The van der Waals surface area contributed by atoms with E-state index in [1.54, 1.807) is 0 Å². The molecule has 5 fully saturated rings. The first-order chi connectivity index (χ1) is 12.4. The van der Waals surface area contributed by atoms with Crippen molar-refractivity contribution in [1.82, 2.24) is 10.6 Å². The highest BCUT2D eigenvalue weighted by Crippen LogP contribution is 2.64. The number of ether oxygens (including phenoxy) is 1. The summed E-state index contributed by atoms with van der Waals surface area (Å²) in [6, 6.07) is -0.371. The summed E-state index contributed by atoms with van der Waals surface area (Å²) >= 11 is 6.74. The Labute approximate surface area is 158 Å². The van der Waals surface area contributed by atoms with E-state index in [4.69, 9.17) is 16.3 Å². The third kappa shape index (κ3) is 3.57. The second kappa shape index (κ2) is 6.70. The molecule has 0 heterocycles. The number of imide groups is 1. The maximum atomic E-state index is 12.7. The van der Waals surface area contributed by atoms with Gasteiger partial charge in [0.15, 0.2) is 6.61 Å². The van der Waals surface area contributed by atoms with Gasteiger partial charge in [0.05, 0.1) is 5.41 Å². The Kier molecular flexibility index (Phi) is 4.66. The van der Waals surface area contributed by atoms with Crippen molar-refractivity contribution in [3.8, 4) is 0 Å². The van der Waals surface area contributed by atoms with Crippen LogP contribution in [0, 0.1) is 17.3 Å². The molecule has 3 amide bonds. The zero-order valence-electron chi connectivity index (χ0n) is 15.0. The van der Waals surface area contributed by atoms with Crippen molar-refractivity contribution in [3.05, 3.63) is 0 Å². The molecule has 0 aliphatic heterocycles. The number of esters is 1. The normalized spacial score (nSPS) is 38.2. The number of carbonyl (C=O) groups excluding carboxylic acids is 3. The zero-order chi connectivity index (χ0) is 18.4. The lowest BCUT2D eigenvalue weighted by molar-refractivity contribution is -0.171. The molecule has 7 heteroatoms. The van der Waals surface area contributed by atoms with Crippen LogP contribution in [0.2, 0.25) is 0 Å². The summed E-state index contributed by atoms with van der Waals surface area (Å²) in [5.74, 6) is 0.0850. The largest absolute Gasteiger partial charge is 0.455 e. The van der Waals surface area contributed by atoms with Gasteiger partial charge in [-0.1, -0.05) is 12.8 Å². The molecule has 0 aromatic rings. The van der Waals surface area contributed by atoms with Crippen molar-refractivity contribution in [1.29, 1.82) is 0 Å². The summed E-state index contributed by atoms with van der Waals surface area (Å²) in [6.07, 6.45) is 9.52. The summed E-state index contributed by atoms with van der Waals surface area (Å²) in [6.45, 7) is -0.413. The fraction of sp³-hybridized carbons (Fsp3) is 0.842. The molecule has 2 unspecified atom stereocenters. The van der Waals surface area contributed by atoms with Gasteiger partial charge in [-0.15, -0.1) is 11.6 Å². The topological polar surface area (TPSA) is 84.5 Å². The fourth-order valence-electron chi connectivity index (χ4n) is 6.13. The van der Waals surface area contributed by atoms with Crippen LogP contribution in [-0.4, -0.2) is 35.4 Å². The van der Waals surface area contributed by atoms with Crippen LogP contribution in [0.15, 0.2) is 0 Å². The average Bonchev–Trinajstić information content (AvgIpc) is 3.02. The first-order valence-corrected chi connectivity index (χ1v) is 10.2. The molecule has 6 nitrogen and oxygen atoms in total. The monoisotopic (exact) mass is 382 g/mol. The lowest BCUT2D eigenvalue weighted by atomic mass is 9.49. The molecule has 4 bridgehead atoms. The van der Waals surface area contributed by atoms with Gasteiger partial charge in [0.1, 0.15) is 0 Å². The molecular formula is C19H27ClN2O4. The molecule has 0 saturated heterocycles. The van der Waals surface area contributed by atoms with E-state index in [9.17, 15) is 14.4 Å². The Morgan fingerprint density at radius 2 is 1.69 bits per heavy atom. The van der Waals surface area contributed by atoms with E-state index in [1.807, 2.05) is 0 Å². The van der Waals surface area contributed by atoms with Crippen molar-refractivity contribution in [2.75, 3.05) is 6.61 Å². The Morgan fingerprint density at radius 1 is 1.04 bits per heavy atom. The molecule has 0 aromatic heterocycles. The van der Waals surface area contributed by atoms with Gasteiger partial charge in [0, 0.05) is 10.9 Å². The minimum atomic E-state index is -0.584. The maximum Gasteiger partial charge on any atom is 0.321 e. The van der Waals surface area contributed by atoms with Crippen LogP contribution in [0.5, 0.6) is 0 Å². The molecular weight excluding hydrogens is 356 g/mol. The second-order valence-corrected chi connectivity index (χ2v) is 9.77. The Hall–Kier alpha value is -1.30. The predicted molar refractivity (Wildman–Crippen MR) is 95.6 cm³/mol. The van der Waals surface area contributed by atoms with Crippen LogP contribution < -0.4 is 10.6 Å². The molecule has 5 rings (SSSR count). The van der Waals surface area contributed by atoms with Crippen LogP contribution in [0.4, 0.5) is 4.79 Å². The Balaban J connectivity index is 1.27. The van der Waals surface area contributed by atoms with Crippen molar-refractivity contribution >= 4 is 29.5 Å². The van der Waals surface area contributed by atoms with Crippen LogP contribution in [-0.2, 0) is 14.3 Å². The highest BCUT2D eigenvalue weighted by Gasteiger charge is 2.60. The second-order valence-electron chi connectivity index (χ2n) is 8.97. The van der Waals surface area contributed by atoms with Gasteiger partial charge in [-0.05, 0) is 63.2 Å². The SMILES string of the molecule is O=C(COC(=O)C12C[C@@H]3C[C@@H](CC(Cl)(C3)C1)C2)NC(=O)NC1CCCC1. The van der Waals surface area contributed by atoms with E-state index in [1.165, 1.54) is 0 Å². The molecule has 0 radical (unpaired) electrons. The molecule has 5 aliphatic rings. The highest BCUT2D eigenvalue weighted by molar-refractivity contribution is 6.24. The minimum absolute atomic E-state index is 0.136. The van der Waals surface area contributed by atoms with E-state index < -0.39 is 24.0 Å². The van der Waals surface area contributed by atoms with Gasteiger partial charge in [0.25, 0.3) is 5.91 Å². The zero-order valence-corrected chi connectivity index (χ0v) is 15.8. The first kappa shape index (κ1) is 18.1. The smallest absolute Gasteiger partial charge is 0.321 e. The summed E-state index contributed by atoms with van der Waals surface area (Å²) in [7, 11) is 0. The van der Waals surface area contributed by atoms with E-state index in [2.05, 4.69) is 10.6 Å². The van der Waals surface area contributed by atoms with Gasteiger partial charge in [-0.3, -0.25) is 14.9 Å². The van der Waals surface area contributed by atoms with Crippen molar-refractivity contribution in [3.63, 3.8) is 0 Å². The van der Waals surface area contributed by atoms with Gasteiger partial charge in [-0.25, -0.2) is 4.79 Å². The number of alkyl halides is 1. The predicted octanol–water partition coefficient (Wildman–Crippen LogP) is 2.88. The number of hydrogen-bond acceptors (Lipinski definition) is 4. The Bertz CT molecular complexity index is 603. The first-order valence-electron chi connectivity index (χ1n) is 9.82. The summed E-state index contributed by atoms with van der Waals surface area (Å²) in [4.78, 5) is 36.2. The minimum Gasteiger partial charge on any atom is -0.455 e. The van der Waals surface area contributed by atoms with Gasteiger partial charge in [-0.2, -0.15) is 0 Å². The number of amides is 3. The van der Waals surface area contributed by atoms with E-state index in [-0.39, 0.29) is 16.9 Å². The van der Waals surface area contributed by atoms with Crippen molar-refractivity contribution < 1.29 is 19.1 Å². The van der Waals surface area contributed by atoms with E-state index in [0.29, 0.717) is 18.3 Å². The molecule has 5 saturated carbocycles. The quantitative estimate of drug-likeness (QED) is 0.578. The van der Waals surface area contributed by atoms with Gasteiger partial charge >= 0.3 is 12.0 Å². The van der Waals surface area contributed by atoms with Gasteiger partial charge in [0.2, 0.25) is 0 Å². The van der Waals surface area contributed by atoms with E-state index >= 15 is 0 Å². The molecule has 26 heavy (non-hydrogen) atoms. The van der Waals surface area contributed by atoms with Crippen LogP contribution in [0.1, 0.15) is 64.2 Å². The highest BCUT2D eigenvalue weighted by atomic mass is 35.5. The lowest BCUT2D eigenvalue weighted by Crippen LogP contribution is -2.56. The number of halogens is 1. The van der Waals surface area contributed by atoms with E-state index in [0.717, 1.165) is 57.8 Å². The number of carbonyl (C=O) groups is 3. The molecule has 5 aliphatic carbocycles. The number of nitrogens with one attached hydrogen (secondary N) is 2. The molecule has 144 valence electrons. The Morgan fingerprint density at radius 3 is 2.31 bits per heavy atom. The fourth-order valence-corrected chi connectivity index (χ4v) is 6.82. The van der Waals surface area contributed by atoms with Crippen LogP contribution in [0.25, 0.3) is 0 Å². The third-order valence-corrected chi connectivity index (χ3v) is 7.14. The number of rotatable bonds is 4. The lowest BCUT2D eigenvalue weighted by Gasteiger charge is -2.58. The van der Waals surface area contributed by atoms with Crippen molar-refractivity contribution in [2.24, 2.45) is 17.3 Å². The molecule has 0 spiro atoms. The molecule has 0 aromatic carbocycles. The third-order valence-electron chi connectivity index (χ3n) is 6.70. The van der Waals surface area contributed by atoms with Crippen LogP contribution in [0.3, 0.4) is 0 Å².